The van der Waals surface area contributed by atoms with E-state index in [1.807, 2.05) is 0 Å². The number of benzene rings is 1. The Hall–Kier alpha value is -1.62. The van der Waals surface area contributed by atoms with E-state index < -0.39 is 24.5 Å². The van der Waals surface area contributed by atoms with Crippen LogP contribution >= 0.6 is 38.5 Å². The van der Waals surface area contributed by atoms with Crippen molar-refractivity contribution in [1.82, 2.24) is 10.6 Å². The quantitative estimate of drug-likeness (QED) is 0.356. The molecule has 0 aromatic heterocycles. The molecular formula is C12H8BrIN2O5. The third kappa shape index (κ3) is 3.94. The molecule has 9 heteroatoms. The molecule has 2 rings (SSSR count). The van der Waals surface area contributed by atoms with Crippen molar-refractivity contribution in [2.24, 2.45) is 0 Å². The summed E-state index contributed by atoms with van der Waals surface area (Å²) in [6.07, 6.45) is 1.42. The molecule has 0 spiro atoms. The van der Waals surface area contributed by atoms with E-state index in [1.165, 1.54) is 6.08 Å². The van der Waals surface area contributed by atoms with Gasteiger partial charge in [-0.25, -0.2) is 9.59 Å². The third-order valence-corrected chi connectivity index (χ3v) is 3.61. The van der Waals surface area contributed by atoms with E-state index in [2.05, 4.69) is 49.2 Å². The van der Waals surface area contributed by atoms with Gasteiger partial charge in [-0.15, -0.1) is 0 Å². The average Bonchev–Trinajstić information content (AvgIpc) is 2.66. The van der Waals surface area contributed by atoms with Crippen LogP contribution in [0, 0.1) is 3.57 Å². The van der Waals surface area contributed by atoms with Crippen molar-refractivity contribution in [2.45, 2.75) is 0 Å². The van der Waals surface area contributed by atoms with Crippen molar-refractivity contribution < 1.29 is 24.2 Å². The highest BCUT2D eigenvalue weighted by molar-refractivity contribution is 14.1. The summed E-state index contributed by atoms with van der Waals surface area (Å²) in [6, 6.07) is 2.84. The highest BCUT2D eigenvalue weighted by Gasteiger charge is 2.23. The van der Waals surface area contributed by atoms with Crippen LogP contribution in [0.1, 0.15) is 5.56 Å². The maximum Gasteiger partial charge on any atom is 0.341 e. The maximum atomic E-state index is 11.5. The molecule has 1 aliphatic heterocycles. The van der Waals surface area contributed by atoms with E-state index in [1.54, 1.807) is 12.1 Å². The van der Waals surface area contributed by atoms with Gasteiger partial charge in [-0.2, -0.15) is 0 Å². The Morgan fingerprint density at radius 2 is 2.10 bits per heavy atom. The number of ether oxygens (including phenoxy) is 1. The van der Waals surface area contributed by atoms with Gasteiger partial charge in [-0.1, -0.05) is 0 Å². The Morgan fingerprint density at radius 1 is 1.38 bits per heavy atom. The summed E-state index contributed by atoms with van der Waals surface area (Å²) in [5, 5.41) is 13.1. The average molecular weight is 467 g/mol. The lowest BCUT2D eigenvalue weighted by Gasteiger charge is -2.11. The number of halogens is 2. The van der Waals surface area contributed by atoms with E-state index in [0.29, 0.717) is 10.0 Å². The number of carbonyl (C=O) groups is 3. The number of nitrogens with one attached hydrogen (secondary N) is 2. The molecule has 0 bridgehead atoms. The van der Waals surface area contributed by atoms with Crippen LogP contribution in [0.4, 0.5) is 4.79 Å². The van der Waals surface area contributed by atoms with E-state index in [-0.39, 0.29) is 11.4 Å². The first-order chi connectivity index (χ1) is 9.86. The lowest BCUT2D eigenvalue weighted by atomic mass is 10.1. The van der Waals surface area contributed by atoms with E-state index in [9.17, 15) is 14.4 Å². The van der Waals surface area contributed by atoms with Gasteiger partial charge in [-0.3, -0.25) is 10.1 Å². The first-order valence-corrected chi connectivity index (χ1v) is 7.41. The molecule has 1 fully saturated rings. The minimum Gasteiger partial charge on any atom is -0.480 e. The van der Waals surface area contributed by atoms with E-state index >= 15 is 0 Å². The van der Waals surface area contributed by atoms with Crippen molar-refractivity contribution in [3.8, 4) is 5.75 Å². The second-order valence-corrected chi connectivity index (χ2v) is 6.05. The van der Waals surface area contributed by atoms with Crippen molar-refractivity contribution >= 4 is 62.5 Å². The summed E-state index contributed by atoms with van der Waals surface area (Å²) in [7, 11) is 0. The van der Waals surface area contributed by atoms with Gasteiger partial charge in [-0.05, 0) is 56.7 Å². The fraction of sp³-hybridized carbons (Fsp3) is 0.0833. The van der Waals surface area contributed by atoms with Gasteiger partial charge >= 0.3 is 12.0 Å². The lowest BCUT2D eigenvalue weighted by molar-refractivity contribution is -0.139. The van der Waals surface area contributed by atoms with Crippen LogP contribution in [-0.2, 0) is 9.59 Å². The van der Waals surface area contributed by atoms with Gasteiger partial charge in [0.15, 0.2) is 6.61 Å². The van der Waals surface area contributed by atoms with Crippen LogP contribution in [0.5, 0.6) is 5.75 Å². The SMILES string of the molecule is O=C(O)COc1c(Br)cc(I)cc1/C=C1/NC(=O)NC1=O. The minimum atomic E-state index is -1.12. The fourth-order valence-corrected chi connectivity index (χ4v) is 3.28. The molecule has 7 nitrogen and oxygen atoms in total. The molecule has 0 atom stereocenters. The number of aliphatic carboxylic acids is 1. The van der Waals surface area contributed by atoms with Crippen LogP contribution in [-0.4, -0.2) is 29.6 Å². The topological polar surface area (TPSA) is 105 Å². The van der Waals surface area contributed by atoms with Crippen molar-refractivity contribution in [2.75, 3.05) is 6.61 Å². The molecule has 0 aliphatic carbocycles. The molecule has 0 saturated carbocycles. The largest absolute Gasteiger partial charge is 0.480 e. The molecule has 0 unspecified atom stereocenters. The van der Waals surface area contributed by atoms with Gasteiger partial charge in [0.05, 0.1) is 4.47 Å². The highest BCUT2D eigenvalue weighted by atomic mass is 127. The van der Waals surface area contributed by atoms with Crippen LogP contribution in [0.2, 0.25) is 0 Å². The summed E-state index contributed by atoms with van der Waals surface area (Å²) >= 11 is 5.35. The van der Waals surface area contributed by atoms with Gasteiger partial charge in [0, 0.05) is 9.13 Å². The zero-order valence-electron chi connectivity index (χ0n) is 10.3. The number of hydrogen-bond donors (Lipinski definition) is 3. The zero-order valence-corrected chi connectivity index (χ0v) is 14.0. The first kappa shape index (κ1) is 15.8. The lowest BCUT2D eigenvalue weighted by Crippen LogP contribution is -2.22. The first-order valence-electron chi connectivity index (χ1n) is 5.54. The summed E-state index contributed by atoms with van der Waals surface area (Å²) in [5.74, 6) is -1.40. The Labute approximate surface area is 141 Å². The summed E-state index contributed by atoms with van der Waals surface area (Å²) in [5.41, 5.74) is 0.538. The molecule has 21 heavy (non-hydrogen) atoms. The Bertz CT molecular complexity index is 674. The number of carboxylic acid groups (broad SMARTS) is 1. The molecule has 3 amide bonds. The van der Waals surface area contributed by atoms with Crippen LogP contribution < -0.4 is 15.4 Å². The number of urea groups is 1. The predicted octanol–water partition coefficient (Wildman–Crippen LogP) is 1.70. The Morgan fingerprint density at radius 3 is 2.67 bits per heavy atom. The molecular weight excluding hydrogens is 459 g/mol. The molecule has 1 aromatic rings. The number of amides is 3. The standard InChI is InChI=1S/C12H8BrIN2O5/c13-7-3-6(14)1-5(10(7)21-4-9(17)18)2-8-11(19)16-12(20)15-8/h1-3H,4H2,(H,17,18)(H2,15,16,19,20)/b8-2+. The molecule has 110 valence electrons. The Kier molecular flexibility index (Phi) is 4.83. The van der Waals surface area contributed by atoms with E-state index in [4.69, 9.17) is 9.84 Å². The van der Waals surface area contributed by atoms with Crippen LogP contribution in [0.25, 0.3) is 6.08 Å². The van der Waals surface area contributed by atoms with Gasteiger partial charge in [0.2, 0.25) is 0 Å². The van der Waals surface area contributed by atoms with Crippen molar-refractivity contribution in [1.29, 1.82) is 0 Å². The molecule has 1 saturated heterocycles. The van der Waals surface area contributed by atoms with Gasteiger partial charge < -0.3 is 15.2 Å². The van der Waals surface area contributed by atoms with Crippen molar-refractivity contribution in [3.63, 3.8) is 0 Å². The zero-order chi connectivity index (χ0) is 15.6. The minimum absolute atomic E-state index is 0.0640. The summed E-state index contributed by atoms with van der Waals surface area (Å²) in [6.45, 7) is -0.520. The molecule has 1 heterocycles. The number of carboxylic acids is 1. The number of carbonyl (C=O) groups excluding carboxylic acids is 2. The van der Waals surface area contributed by atoms with Crippen LogP contribution in [0.3, 0.4) is 0 Å². The predicted molar refractivity (Wildman–Crippen MR) is 84.6 cm³/mol. The van der Waals surface area contributed by atoms with Crippen molar-refractivity contribution in [3.05, 3.63) is 31.4 Å². The third-order valence-electron chi connectivity index (χ3n) is 2.40. The molecule has 0 radical (unpaired) electrons. The second-order valence-electron chi connectivity index (χ2n) is 3.95. The molecule has 1 aromatic carbocycles. The smallest absolute Gasteiger partial charge is 0.341 e. The van der Waals surface area contributed by atoms with Gasteiger partial charge in [0.25, 0.3) is 5.91 Å². The number of imide groups is 1. The second kappa shape index (κ2) is 6.43. The molecule has 1 aliphatic rings. The summed E-state index contributed by atoms with van der Waals surface area (Å²) < 4.78 is 6.61. The highest BCUT2D eigenvalue weighted by Crippen LogP contribution is 2.33. The maximum absolute atomic E-state index is 11.5. The summed E-state index contributed by atoms with van der Waals surface area (Å²) in [4.78, 5) is 33.2. The fourth-order valence-electron chi connectivity index (χ4n) is 1.61. The monoisotopic (exact) mass is 466 g/mol. The van der Waals surface area contributed by atoms with Crippen LogP contribution in [0.15, 0.2) is 22.3 Å². The normalized spacial score (nSPS) is 15.8. The van der Waals surface area contributed by atoms with Gasteiger partial charge in [0.1, 0.15) is 11.4 Å². The van der Waals surface area contributed by atoms with E-state index in [0.717, 1.165) is 3.57 Å². The number of rotatable bonds is 4. The number of hydrogen-bond acceptors (Lipinski definition) is 4. The Balaban J connectivity index is 2.41. The molecule has 3 N–H and O–H groups in total.